The van der Waals surface area contributed by atoms with E-state index in [1.54, 1.807) is 0 Å². The van der Waals surface area contributed by atoms with Crippen molar-refractivity contribution in [3.05, 3.63) is 59.7 Å². The second-order valence-electron chi connectivity index (χ2n) is 5.44. The van der Waals surface area contributed by atoms with E-state index in [9.17, 15) is 26.3 Å². The molecule has 0 unspecified atom stereocenters. The van der Waals surface area contributed by atoms with Crippen LogP contribution in [0, 0.1) is 0 Å². The van der Waals surface area contributed by atoms with Crippen LogP contribution in [0.5, 0.6) is 0 Å². The van der Waals surface area contributed by atoms with E-state index in [0.717, 1.165) is 48.5 Å². The molecule has 2 aromatic carbocycles. The smallest absolute Gasteiger partial charge is 0.399 e. The minimum absolute atomic E-state index is 0.0595. The standard InChI is InChI=1S/C15H12F6N2.H2O4S/c16-14(17,18)13(15(19,20)21,9-1-5-11(22)6-2-9)10-3-7-12(23)8-4-10;1-5(2,3)4/h1-8H,22-23H2;(H2,1,2,3,4). The number of nitrogen functional groups attached to an aromatic ring is 2. The van der Waals surface area contributed by atoms with E-state index in [-0.39, 0.29) is 11.4 Å². The summed E-state index contributed by atoms with van der Waals surface area (Å²) in [5.74, 6) is 0. The average molecular weight is 432 g/mol. The Morgan fingerprint density at radius 1 is 0.643 bits per heavy atom. The number of halogens is 6. The average Bonchev–Trinajstić information content (AvgIpc) is 2.47. The second kappa shape index (κ2) is 7.85. The molecule has 0 bridgehead atoms. The Morgan fingerprint density at radius 2 is 0.857 bits per heavy atom. The SMILES string of the molecule is Nc1ccc(C(c2ccc(N)cc2)(C(F)(F)F)C(F)(F)F)cc1.O=S(=O)(O)O. The molecule has 0 saturated heterocycles. The summed E-state index contributed by atoms with van der Waals surface area (Å²) >= 11 is 0. The van der Waals surface area contributed by atoms with Crippen molar-refractivity contribution < 1.29 is 43.9 Å². The first-order valence-electron chi connectivity index (χ1n) is 7.05. The fourth-order valence-electron chi connectivity index (χ4n) is 2.45. The highest BCUT2D eigenvalue weighted by Gasteiger charge is 2.72. The quantitative estimate of drug-likeness (QED) is 0.326. The van der Waals surface area contributed by atoms with E-state index < -0.39 is 39.3 Å². The highest BCUT2D eigenvalue weighted by Crippen LogP contribution is 2.56. The molecule has 0 aromatic heterocycles. The minimum atomic E-state index is -5.61. The molecule has 6 nitrogen and oxygen atoms in total. The van der Waals surface area contributed by atoms with Gasteiger partial charge in [-0.25, -0.2) is 0 Å². The van der Waals surface area contributed by atoms with E-state index in [2.05, 4.69) is 0 Å². The molecule has 0 radical (unpaired) electrons. The molecular formula is C15H14F6N2O4S. The number of benzene rings is 2. The maximum atomic E-state index is 13.7. The zero-order chi connectivity index (χ0) is 22.0. The first kappa shape index (κ1) is 23.5. The van der Waals surface area contributed by atoms with Gasteiger partial charge in [0.1, 0.15) is 0 Å². The van der Waals surface area contributed by atoms with E-state index in [4.69, 9.17) is 29.0 Å². The molecule has 0 aliphatic carbocycles. The molecule has 6 N–H and O–H groups in total. The van der Waals surface area contributed by atoms with Gasteiger partial charge in [0.2, 0.25) is 5.41 Å². The molecule has 0 amide bonds. The fourth-order valence-corrected chi connectivity index (χ4v) is 2.45. The first-order valence-corrected chi connectivity index (χ1v) is 8.45. The predicted molar refractivity (Wildman–Crippen MR) is 88.8 cm³/mol. The number of anilines is 2. The number of hydrogen-bond donors (Lipinski definition) is 4. The summed E-state index contributed by atoms with van der Waals surface area (Å²) in [5, 5.41) is 0. The predicted octanol–water partition coefficient (Wildman–Crippen LogP) is 3.61. The number of hydrogen-bond acceptors (Lipinski definition) is 4. The lowest BCUT2D eigenvalue weighted by Gasteiger charge is -2.38. The van der Waals surface area contributed by atoms with Crippen LogP contribution in [0.1, 0.15) is 11.1 Å². The summed E-state index contributed by atoms with van der Waals surface area (Å²) in [6.07, 6.45) is -11.2. The van der Waals surface area contributed by atoms with Gasteiger partial charge in [0.05, 0.1) is 0 Å². The molecule has 156 valence electrons. The molecule has 28 heavy (non-hydrogen) atoms. The van der Waals surface area contributed by atoms with Crippen molar-refractivity contribution in [2.45, 2.75) is 17.8 Å². The van der Waals surface area contributed by atoms with Crippen molar-refractivity contribution in [2.75, 3.05) is 11.5 Å². The summed E-state index contributed by atoms with van der Waals surface area (Å²) in [6, 6.07) is 6.91. The van der Waals surface area contributed by atoms with Gasteiger partial charge >= 0.3 is 22.8 Å². The van der Waals surface area contributed by atoms with Crippen LogP contribution in [0.15, 0.2) is 48.5 Å². The number of alkyl halides is 6. The molecular weight excluding hydrogens is 418 g/mol. The molecule has 2 aromatic rings. The Bertz CT molecular complexity index is 825. The monoisotopic (exact) mass is 432 g/mol. The Hall–Kier alpha value is -2.51. The van der Waals surface area contributed by atoms with Crippen molar-refractivity contribution in [1.82, 2.24) is 0 Å². The Kier molecular flexibility index (Phi) is 6.60. The first-order chi connectivity index (χ1) is 12.5. The maximum Gasteiger partial charge on any atom is 0.411 e. The molecule has 0 fully saturated rings. The molecule has 0 saturated carbocycles. The summed E-state index contributed by atoms with van der Waals surface area (Å²) in [6.45, 7) is 0. The molecule has 2 rings (SSSR count). The Morgan fingerprint density at radius 3 is 1.04 bits per heavy atom. The lowest BCUT2D eigenvalue weighted by molar-refractivity contribution is -0.288. The normalized spacial score (nSPS) is 12.9. The van der Waals surface area contributed by atoms with Crippen molar-refractivity contribution in [3.63, 3.8) is 0 Å². The van der Waals surface area contributed by atoms with E-state index >= 15 is 0 Å². The van der Waals surface area contributed by atoms with Gasteiger partial charge < -0.3 is 11.5 Å². The summed E-state index contributed by atoms with van der Waals surface area (Å²) < 4.78 is 114. The van der Waals surface area contributed by atoms with E-state index in [1.165, 1.54) is 0 Å². The highest BCUT2D eigenvalue weighted by molar-refractivity contribution is 7.79. The van der Waals surface area contributed by atoms with Crippen LogP contribution in [-0.2, 0) is 15.8 Å². The van der Waals surface area contributed by atoms with Crippen LogP contribution in [0.3, 0.4) is 0 Å². The zero-order valence-electron chi connectivity index (χ0n) is 13.7. The van der Waals surface area contributed by atoms with Crippen molar-refractivity contribution in [1.29, 1.82) is 0 Å². The largest absolute Gasteiger partial charge is 0.411 e. The molecule has 0 spiro atoms. The lowest BCUT2D eigenvalue weighted by Crippen LogP contribution is -2.54. The van der Waals surface area contributed by atoms with Crippen LogP contribution in [0.25, 0.3) is 0 Å². The molecule has 0 aliphatic rings. The molecule has 13 heteroatoms. The van der Waals surface area contributed by atoms with Crippen LogP contribution < -0.4 is 11.5 Å². The third-order valence-electron chi connectivity index (χ3n) is 3.54. The highest BCUT2D eigenvalue weighted by atomic mass is 32.3. The Labute approximate surface area is 155 Å². The van der Waals surface area contributed by atoms with Crippen molar-refractivity contribution in [2.24, 2.45) is 0 Å². The lowest BCUT2D eigenvalue weighted by atomic mass is 9.73. The van der Waals surface area contributed by atoms with Gasteiger partial charge in [0, 0.05) is 11.4 Å². The Balaban J connectivity index is 0.000000696. The van der Waals surface area contributed by atoms with Gasteiger partial charge in [-0.3, -0.25) is 9.11 Å². The fraction of sp³-hybridized carbons (Fsp3) is 0.200. The molecule has 0 heterocycles. The van der Waals surface area contributed by atoms with Crippen molar-refractivity contribution >= 4 is 21.8 Å². The van der Waals surface area contributed by atoms with Crippen LogP contribution in [0.4, 0.5) is 37.7 Å². The zero-order valence-corrected chi connectivity index (χ0v) is 14.5. The number of nitrogens with two attached hydrogens (primary N) is 2. The third-order valence-corrected chi connectivity index (χ3v) is 3.54. The summed E-state index contributed by atoms with van der Waals surface area (Å²) in [5.41, 5.74) is 4.77. The van der Waals surface area contributed by atoms with E-state index in [0.29, 0.717) is 0 Å². The van der Waals surface area contributed by atoms with Gasteiger partial charge in [-0.2, -0.15) is 34.8 Å². The van der Waals surface area contributed by atoms with Gasteiger partial charge in [0.25, 0.3) is 0 Å². The molecule has 0 atom stereocenters. The van der Waals surface area contributed by atoms with E-state index in [1.807, 2.05) is 0 Å². The van der Waals surface area contributed by atoms with Gasteiger partial charge in [0.15, 0.2) is 0 Å². The van der Waals surface area contributed by atoms with Gasteiger partial charge in [-0.15, -0.1) is 0 Å². The minimum Gasteiger partial charge on any atom is -0.399 e. The summed E-state index contributed by atoms with van der Waals surface area (Å²) in [4.78, 5) is 0. The van der Waals surface area contributed by atoms with Crippen molar-refractivity contribution in [3.8, 4) is 0 Å². The van der Waals surface area contributed by atoms with Crippen LogP contribution >= 0.6 is 0 Å². The second-order valence-corrected chi connectivity index (χ2v) is 6.33. The van der Waals surface area contributed by atoms with Crippen LogP contribution in [0.2, 0.25) is 0 Å². The van der Waals surface area contributed by atoms with Gasteiger partial charge in [-0.1, -0.05) is 24.3 Å². The topological polar surface area (TPSA) is 127 Å². The summed E-state index contributed by atoms with van der Waals surface area (Å²) in [7, 11) is -4.67. The molecule has 0 aliphatic heterocycles. The number of rotatable bonds is 2. The third kappa shape index (κ3) is 5.27. The van der Waals surface area contributed by atoms with Crippen LogP contribution in [-0.4, -0.2) is 29.9 Å². The maximum absolute atomic E-state index is 13.7. The van der Waals surface area contributed by atoms with Gasteiger partial charge in [-0.05, 0) is 35.4 Å².